The van der Waals surface area contributed by atoms with Gasteiger partial charge in [0.1, 0.15) is 11.5 Å². The normalized spacial score (nSPS) is 10.4. The van der Waals surface area contributed by atoms with E-state index in [9.17, 15) is 4.79 Å². The van der Waals surface area contributed by atoms with Gasteiger partial charge in [-0.1, -0.05) is 50.1 Å². The van der Waals surface area contributed by atoms with Gasteiger partial charge in [0, 0.05) is 11.3 Å². The van der Waals surface area contributed by atoms with Crippen LogP contribution in [-0.2, 0) is 6.42 Å². The van der Waals surface area contributed by atoms with Crippen molar-refractivity contribution in [2.24, 2.45) is 0 Å². The van der Waals surface area contributed by atoms with Crippen molar-refractivity contribution >= 4 is 28.9 Å². The van der Waals surface area contributed by atoms with Gasteiger partial charge in [-0.05, 0) is 85.6 Å². The van der Waals surface area contributed by atoms with Crippen LogP contribution in [0, 0.1) is 0 Å². The molecule has 3 aromatic carbocycles. The zero-order valence-corrected chi connectivity index (χ0v) is 20.4. The first-order valence-electron chi connectivity index (χ1n) is 11.8. The highest BCUT2D eigenvalue weighted by molar-refractivity contribution is 7.80. The average Bonchev–Trinajstić information content (AvgIpc) is 2.86. The van der Waals surface area contributed by atoms with Crippen LogP contribution in [0.2, 0.25) is 0 Å². The minimum Gasteiger partial charge on any atom is -0.494 e. The van der Waals surface area contributed by atoms with Crippen molar-refractivity contribution in [2.45, 2.75) is 39.0 Å². The van der Waals surface area contributed by atoms with E-state index in [0.29, 0.717) is 18.8 Å². The number of ether oxygens (including phenoxy) is 2. The molecule has 178 valence electrons. The first kappa shape index (κ1) is 25.2. The Morgan fingerprint density at radius 2 is 1.41 bits per heavy atom. The molecule has 5 nitrogen and oxygen atoms in total. The quantitative estimate of drug-likeness (QED) is 0.234. The minimum absolute atomic E-state index is 0.237. The maximum absolute atomic E-state index is 12.5. The lowest BCUT2D eigenvalue weighted by atomic mass is 10.1. The summed E-state index contributed by atoms with van der Waals surface area (Å²) in [6, 6.07) is 25.0. The molecule has 0 saturated heterocycles. The fourth-order valence-electron chi connectivity index (χ4n) is 3.33. The molecular formula is C28H32N2O3S. The first-order valence-corrected chi connectivity index (χ1v) is 12.2. The summed E-state index contributed by atoms with van der Waals surface area (Å²) in [7, 11) is 0. The molecule has 0 aliphatic carbocycles. The number of unbranched alkanes of at least 4 members (excludes halogenated alkanes) is 2. The first-order chi connectivity index (χ1) is 16.6. The Hall–Kier alpha value is -3.38. The molecule has 0 aliphatic rings. The maximum Gasteiger partial charge on any atom is 0.257 e. The van der Waals surface area contributed by atoms with Crippen molar-refractivity contribution in [1.82, 2.24) is 5.32 Å². The summed E-state index contributed by atoms with van der Waals surface area (Å²) < 4.78 is 11.5. The average molecular weight is 477 g/mol. The van der Waals surface area contributed by atoms with Gasteiger partial charge < -0.3 is 14.8 Å². The zero-order chi connectivity index (χ0) is 24.0. The van der Waals surface area contributed by atoms with Gasteiger partial charge in [0.2, 0.25) is 0 Å². The van der Waals surface area contributed by atoms with Gasteiger partial charge >= 0.3 is 0 Å². The van der Waals surface area contributed by atoms with Crippen molar-refractivity contribution < 1.29 is 14.3 Å². The van der Waals surface area contributed by atoms with Crippen molar-refractivity contribution in [1.29, 1.82) is 0 Å². The number of carbonyl (C=O) groups excluding carboxylic acids is 1. The monoisotopic (exact) mass is 476 g/mol. The van der Waals surface area contributed by atoms with Gasteiger partial charge in [-0.3, -0.25) is 10.1 Å². The number of amides is 1. The Kier molecular flexibility index (Phi) is 10.4. The molecule has 0 unspecified atom stereocenters. The zero-order valence-electron chi connectivity index (χ0n) is 19.6. The Balaban J connectivity index is 1.38. The van der Waals surface area contributed by atoms with Crippen LogP contribution in [0.4, 0.5) is 5.69 Å². The highest BCUT2D eigenvalue weighted by atomic mass is 32.1. The number of rotatable bonds is 12. The molecule has 1 amide bonds. The van der Waals surface area contributed by atoms with E-state index in [4.69, 9.17) is 21.7 Å². The molecule has 0 spiro atoms. The summed E-state index contributed by atoms with van der Waals surface area (Å²) in [4.78, 5) is 12.5. The highest BCUT2D eigenvalue weighted by Gasteiger charge is 2.08. The number of hydrogen-bond acceptors (Lipinski definition) is 4. The highest BCUT2D eigenvalue weighted by Crippen LogP contribution is 2.17. The third-order valence-corrected chi connectivity index (χ3v) is 5.40. The maximum atomic E-state index is 12.5. The lowest BCUT2D eigenvalue weighted by Crippen LogP contribution is -2.34. The molecule has 0 fully saturated rings. The van der Waals surface area contributed by atoms with E-state index in [1.165, 1.54) is 5.56 Å². The van der Waals surface area contributed by atoms with E-state index < -0.39 is 0 Å². The molecule has 3 aromatic rings. The third-order valence-electron chi connectivity index (χ3n) is 5.19. The number of aryl methyl sites for hydroxylation is 1. The molecular weight excluding hydrogens is 444 g/mol. The molecule has 2 N–H and O–H groups in total. The smallest absolute Gasteiger partial charge is 0.257 e. The van der Waals surface area contributed by atoms with Crippen molar-refractivity contribution in [3.8, 4) is 11.5 Å². The topological polar surface area (TPSA) is 59.6 Å². The fourth-order valence-corrected chi connectivity index (χ4v) is 3.54. The van der Waals surface area contributed by atoms with Crippen LogP contribution < -0.4 is 20.1 Å². The second kappa shape index (κ2) is 14.0. The number of carbonyl (C=O) groups is 1. The van der Waals surface area contributed by atoms with Gasteiger partial charge in [0.25, 0.3) is 5.91 Å². The van der Waals surface area contributed by atoms with Crippen molar-refractivity contribution in [3.05, 3.63) is 90.0 Å². The summed E-state index contributed by atoms with van der Waals surface area (Å²) in [5.41, 5.74) is 2.61. The van der Waals surface area contributed by atoms with E-state index >= 15 is 0 Å². The second-order valence-electron chi connectivity index (χ2n) is 7.95. The number of anilines is 1. The van der Waals surface area contributed by atoms with Gasteiger partial charge in [0.05, 0.1) is 13.2 Å². The predicted octanol–water partition coefficient (Wildman–Crippen LogP) is 6.39. The Bertz CT molecular complexity index is 1020. The molecule has 6 heteroatoms. The van der Waals surface area contributed by atoms with Crippen LogP contribution in [0.25, 0.3) is 0 Å². The molecule has 0 bridgehead atoms. The standard InChI is InChI=1S/C28H32N2O3S/c1-2-3-7-20-32-25-16-12-23(13-17-25)27(31)30-28(34)29-24-14-18-26(19-15-24)33-21-8-11-22-9-5-4-6-10-22/h4-6,9-10,12-19H,2-3,7-8,11,20-21H2,1H3,(H2,29,30,31,34). The van der Waals surface area contributed by atoms with Crippen LogP contribution in [-0.4, -0.2) is 24.2 Å². The number of nitrogens with one attached hydrogen (secondary N) is 2. The summed E-state index contributed by atoms with van der Waals surface area (Å²) >= 11 is 5.29. The predicted molar refractivity (Wildman–Crippen MR) is 142 cm³/mol. The molecule has 0 aromatic heterocycles. The molecule has 0 atom stereocenters. The SMILES string of the molecule is CCCCCOc1ccc(C(=O)NC(=S)Nc2ccc(OCCCc3ccccc3)cc2)cc1. The van der Waals surface area contributed by atoms with Crippen LogP contribution >= 0.6 is 12.2 Å². The lowest BCUT2D eigenvalue weighted by Gasteiger charge is -2.11. The van der Waals surface area contributed by atoms with Crippen LogP contribution in [0.1, 0.15) is 48.5 Å². The second-order valence-corrected chi connectivity index (χ2v) is 8.36. The van der Waals surface area contributed by atoms with E-state index in [1.807, 2.05) is 30.3 Å². The Labute approximate surface area is 207 Å². The van der Waals surface area contributed by atoms with E-state index in [2.05, 4.69) is 41.8 Å². The summed E-state index contributed by atoms with van der Waals surface area (Å²) in [6.45, 7) is 3.50. The summed E-state index contributed by atoms with van der Waals surface area (Å²) in [6.07, 6.45) is 5.27. The van der Waals surface area contributed by atoms with E-state index in [-0.39, 0.29) is 11.0 Å². The largest absolute Gasteiger partial charge is 0.494 e. The van der Waals surface area contributed by atoms with Crippen LogP contribution in [0.5, 0.6) is 11.5 Å². The lowest BCUT2D eigenvalue weighted by molar-refractivity contribution is 0.0977. The molecule has 0 saturated carbocycles. The fraction of sp³-hybridized carbons (Fsp3) is 0.286. The molecule has 0 radical (unpaired) electrons. The Morgan fingerprint density at radius 3 is 2.06 bits per heavy atom. The number of thiocarbonyl (C=S) groups is 1. The summed E-state index contributed by atoms with van der Waals surface area (Å²) in [5.74, 6) is 1.29. The van der Waals surface area contributed by atoms with E-state index in [1.54, 1.807) is 24.3 Å². The molecule has 3 rings (SSSR count). The Morgan fingerprint density at radius 1 is 0.794 bits per heavy atom. The van der Waals surface area contributed by atoms with Gasteiger partial charge in [-0.25, -0.2) is 0 Å². The van der Waals surface area contributed by atoms with Crippen LogP contribution in [0.15, 0.2) is 78.9 Å². The minimum atomic E-state index is -0.270. The molecule has 0 heterocycles. The third kappa shape index (κ3) is 8.87. The van der Waals surface area contributed by atoms with Gasteiger partial charge in [0.15, 0.2) is 5.11 Å². The van der Waals surface area contributed by atoms with Gasteiger partial charge in [-0.15, -0.1) is 0 Å². The molecule has 34 heavy (non-hydrogen) atoms. The van der Waals surface area contributed by atoms with Gasteiger partial charge in [-0.2, -0.15) is 0 Å². The number of hydrogen-bond donors (Lipinski definition) is 2. The van der Waals surface area contributed by atoms with E-state index in [0.717, 1.165) is 49.3 Å². The number of benzene rings is 3. The molecule has 0 aliphatic heterocycles. The van der Waals surface area contributed by atoms with Crippen molar-refractivity contribution in [3.63, 3.8) is 0 Å². The van der Waals surface area contributed by atoms with Crippen LogP contribution in [0.3, 0.4) is 0 Å². The summed E-state index contributed by atoms with van der Waals surface area (Å²) in [5, 5.41) is 5.97. The van der Waals surface area contributed by atoms with Crippen molar-refractivity contribution in [2.75, 3.05) is 18.5 Å².